The van der Waals surface area contributed by atoms with Crippen molar-refractivity contribution in [3.05, 3.63) is 58.2 Å². The lowest BCUT2D eigenvalue weighted by Gasteiger charge is -2.47. The second-order valence-corrected chi connectivity index (χ2v) is 24.8. The highest BCUT2D eigenvalue weighted by atomic mass is 32.1. The monoisotopic (exact) mass is 1150 g/mol. The van der Waals surface area contributed by atoms with Crippen molar-refractivity contribution in [2.24, 2.45) is 29.1 Å². The van der Waals surface area contributed by atoms with E-state index in [4.69, 9.17) is 24.3 Å². The van der Waals surface area contributed by atoms with Crippen molar-refractivity contribution in [1.29, 1.82) is 0 Å². The molecule has 1 aromatic carbocycles. The minimum Gasteiger partial charge on any atom is -0.467 e. The molecule has 454 valence electrons. The summed E-state index contributed by atoms with van der Waals surface area (Å²) in [5.74, 6) is 1.50. The van der Waals surface area contributed by atoms with Crippen LogP contribution >= 0.6 is 11.3 Å². The Balaban J connectivity index is 0.000000905. The van der Waals surface area contributed by atoms with E-state index in [-0.39, 0.29) is 48.9 Å². The van der Waals surface area contributed by atoms with Gasteiger partial charge in [0.1, 0.15) is 12.6 Å². The van der Waals surface area contributed by atoms with Crippen molar-refractivity contribution in [2.45, 2.75) is 209 Å². The van der Waals surface area contributed by atoms with Crippen LogP contribution in [-0.2, 0) is 48.0 Å². The Morgan fingerprint density at radius 2 is 1.73 bits per heavy atom. The number of morpholine rings is 1. The first kappa shape index (κ1) is 67.3. The highest BCUT2D eigenvalue weighted by Gasteiger charge is 2.44. The molecule has 3 fully saturated rings. The summed E-state index contributed by atoms with van der Waals surface area (Å²) in [7, 11) is 1.53. The number of amides is 2. The van der Waals surface area contributed by atoms with Gasteiger partial charge in [0.25, 0.3) is 12.4 Å². The molecule has 1 saturated carbocycles. The van der Waals surface area contributed by atoms with E-state index in [1.807, 2.05) is 46.1 Å². The van der Waals surface area contributed by atoms with Gasteiger partial charge in [-0.05, 0) is 119 Å². The Morgan fingerprint density at radius 3 is 2.35 bits per heavy atom. The molecule has 3 N–H and O–H groups in total. The molecular formula is C63H98F3N7O7S. The van der Waals surface area contributed by atoms with Crippen molar-refractivity contribution in [2.75, 3.05) is 46.5 Å². The first-order valence-corrected chi connectivity index (χ1v) is 31.1. The Kier molecular flexibility index (Phi) is 26.1. The molecule has 1 aliphatic carbocycles. The molecule has 81 heavy (non-hydrogen) atoms. The molecule has 7 unspecified atom stereocenters. The van der Waals surface area contributed by atoms with Gasteiger partial charge < -0.3 is 29.2 Å². The number of aliphatic hydroxyl groups is 1. The van der Waals surface area contributed by atoms with E-state index in [1.165, 1.54) is 29.4 Å². The number of hydrogen-bond acceptors (Lipinski definition) is 12. The van der Waals surface area contributed by atoms with E-state index in [2.05, 4.69) is 62.2 Å². The minimum atomic E-state index is -4.56. The van der Waals surface area contributed by atoms with Crippen LogP contribution in [0.3, 0.4) is 0 Å². The van der Waals surface area contributed by atoms with Crippen LogP contribution in [0.5, 0.6) is 0 Å². The predicted octanol–water partition coefficient (Wildman–Crippen LogP) is 12.9. The lowest BCUT2D eigenvalue weighted by molar-refractivity contribution is -0.152. The van der Waals surface area contributed by atoms with Crippen LogP contribution in [-0.4, -0.2) is 124 Å². The molecule has 0 radical (unpaired) electrons. The molecule has 0 spiro atoms. The molecule has 0 bridgehead atoms. The zero-order chi connectivity index (χ0) is 59.7. The van der Waals surface area contributed by atoms with E-state index >= 15 is 0 Å². The normalized spacial score (nSPS) is 20.0. The highest BCUT2D eigenvalue weighted by Crippen LogP contribution is 2.43. The average Bonchev–Trinajstić information content (AvgIpc) is 4.37. The van der Waals surface area contributed by atoms with Crippen molar-refractivity contribution < 1.29 is 46.9 Å². The first-order valence-electron chi connectivity index (χ1n) is 30.2. The molecule has 14 nitrogen and oxygen atoms in total. The maximum Gasteiger partial charge on any atom is 0.406 e. The molecule has 5 heterocycles. The maximum absolute atomic E-state index is 14.9. The van der Waals surface area contributed by atoms with Gasteiger partial charge in [0.15, 0.2) is 0 Å². The zero-order valence-corrected chi connectivity index (χ0v) is 51.9. The number of fused-ring (bicyclic) bond motifs is 1. The third-order valence-corrected chi connectivity index (χ3v) is 17.8. The number of halogens is 3. The number of carbonyl (C=O) groups excluding carboxylic acids is 3. The fourth-order valence-corrected chi connectivity index (χ4v) is 12.7. The molecule has 2 aliphatic heterocycles. The number of carbonyl (C=O) groups is 3. The van der Waals surface area contributed by atoms with E-state index in [0.29, 0.717) is 101 Å². The van der Waals surface area contributed by atoms with E-state index in [9.17, 15) is 27.6 Å². The zero-order valence-electron chi connectivity index (χ0n) is 51.1. The molecule has 3 aliphatic rings. The van der Waals surface area contributed by atoms with Crippen LogP contribution in [0.4, 0.5) is 13.2 Å². The highest BCUT2D eigenvalue weighted by molar-refractivity contribution is 7.10. The second-order valence-electron chi connectivity index (χ2n) is 23.8. The van der Waals surface area contributed by atoms with Crippen molar-refractivity contribution in [1.82, 2.24) is 35.2 Å². The van der Waals surface area contributed by atoms with Gasteiger partial charge in [-0.15, -0.1) is 11.3 Å². The smallest absolute Gasteiger partial charge is 0.406 e. The lowest BCUT2D eigenvalue weighted by Crippen LogP contribution is -2.63. The number of benzene rings is 1. The van der Waals surface area contributed by atoms with Crippen LogP contribution in [0.2, 0.25) is 0 Å². The number of aromatic nitrogens is 3. The quantitative estimate of drug-likeness (QED) is 0.0542. The summed E-state index contributed by atoms with van der Waals surface area (Å²) in [6.07, 6.45) is 7.81. The summed E-state index contributed by atoms with van der Waals surface area (Å²) in [5, 5.41) is 17.2. The van der Waals surface area contributed by atoms with Gasteiger partial charge in [-0.1, -0.05) is 101 Å². The van der Waals surface area contributed by atoms with Crippen LogP contribution in [0.15, 0.2) is 41.9 Å². The minimum absolute atomic E-state index is 0.0420. The number of rotatable bonds is 25. The van der Waals surface area contributed by atoms with Gasteiger partial charge in [-0.2, -0.15) is 13.2 Å². The summed E-state index contributed by atoms with van der Waals surface area (Å²) in [5.41, 5.74) is 5.88. The number of nitrogens with zero attached hydrogens (tertiary/aromatic N) is 5. The van der Waals surface area contributed by atoms with Crippen LogP contribution in [0, 0.1) is 29.1 Å². The van der Waals surface area contributed by atoms with E-state index in [0.717, 1.165) is 70.1 Å². The molecule has 2 saturated heterocycles. The third-order valence-electron chi connectivity index (χ3n) is 16.9. The van der Waals surface area contributed by atoms with Crippen LogP contribution in [0.25, 0.3) is 33.4 Å². The maximum atomic E-state index is 14.9. The number of aliphatic hydroxyl groups excluding tert-OH is 1. The number of thiazole rings is 1. The van der Waals surface area contributed by atoms with E-state index in [1.54, 1.807) is 42.4 Å². The predicted molar refractivity (Wildman–Crippen MR) is 318 cm³/mol. The number of methoxy groups -OCH3 is 1. The average molecular weight is 1150 g/mol. The second kappa shape index (κ2) is 31.4. The summed E-state index contributed by atoms with van der Waals surface area (Å²) in [6, 6.07) is 7.53. The SMILES string of the molecule is CC.CCC(C)CC1(CC)CN(C(C(=O)NC(Cc2nc(-c3ccc4c(c3)c(CC(C)(C)COC=O)c(-c3cccnc3C(C)OC)n4CC(F)(F)F)cs2)C(=O)N2CCCCN2)C2CCCC2)CCO1.CC[C@@H](C)CC(C)C(C)O. The molecule has 8 atom stereocenters. The van der Waals surface area contributed by atoms with Gasteiger partial charge >= 0.3 is 6.18 Å². The molecular weight excluding hydrogens is 1060 g/mol. The number of ether oxygens (including phenoxy) is 3. The number of alkyl halides is 3. The van der Waals surface area contributed by atoms with E-state index < -0.39 is 36.3 Å². The summed E-state index contributed by atoms with van der Waals surface area (Å²) < 4.78 is 62.6. The van der Waals surface area contributed by atoms with Crippen molar-refractivity contribution in [3.8, 4) is 22.5 Å². The molecule has 2 amide bonds. The Bertz CT molecular complexity index is 2580. The van der Waals surface area contributed by atoms with Crippen molar-refractivity contribution >= 4 is 40.5 Å². The Hall–Kier alpha value is -4.46. The lowest BCUT2D eigenvalue weighted by atomic mass is 9.84. The van der Waals surface area contributed by atoms with Gasteiger partial charge in [-0.25, -0.2) is 10.4 Å². The molecule has 4 aromatic rings. The van der Waals surface area contributed by atoms with Gasteiger partial charge in [0.2, 0.25) is 5.91 Å². The van der Waals surface area contributed by atoms with Gasteiger partial charge in [0, 0.05) is 78.7 Å². The first-order chi connectivity index (χ1) is 38.6. The number of hydrogen-bond donors (Lipinski definition) is 3. The number of nitrogens with one attached hydrogen (secondary N) is 2. The summed E-state index contributed by atoms with van der Waals surface area (Å²) in [6.45, 7) is 26.9. The topological polar surface area (TPSA) is 160 Å². The standard InChI is InChI=1S/C52H72F3N7O6S.C9H20O.C2H6/c1-8-34(3)27-51(9-2)30-60(23-24-68-51)46(36-15-10-11-16-36)48(64)59-41(49(65)62-22-13-12-21-57-62)26-44-58-42(29-69-44)37-18-19-43-39(25-37)40(28-50(5,6)32-67-33-63)47(61(43)31-52(53,54)55)38-17-14-20-56-45(38)35(4)66-7;1-5-7(2)6-8(3)9(4)10;1-2/h14,17-20,25,29,33-36,41,46,57H,8-13,15-16,21-24,26-28,30-32H2,1-7H3,(H,59,64);7-10H,5-6H2,1-4H3;1-2H3/t;7-,8?,9?;/m.1./s1. The number of hydrazine groups is 1. The van der Waals surface area contributed by atoms with Crippen molar-refractivity contribution in [3.63, 3.8) is 0 Å². The van der Waals surface area contributed by atoms with Gasteiger partial charge in [-0.3, -0.25) is 29.3 Å². The molecule has 7 rings (SSSR count). The third kappa shape index (κ3) is 18.5. The Labute approximate surface area is 486 Å². The number of pyridine rings is 1. The molecule has 18 heteroatoms. The van der Waals surface area contributed by atoms with Gasteiger partial charge in [0.05, 0.1) is 59.2 Å². The largest absolute Gasteiger partial charge is 0.467 e. The molecule has 3 aromatic heterocycles. The fraction of sp³-hybridized carbons (Fsp3) is 0.698. The van der Waals surface area contributed by atoms with Crippen LogP contribution < -0.4 is 10.7 Å². The fourth-order valence-electron chi connectivity index (χ4n) is 11.8. The van der Waals surface area contributed by atoms with Crippen LogP contribution in [0.1, 0.15) is 176 Å². The summed E-state index contributed by atoms with van der Waals surface area (Å²) >= 11 is 1.38. The Morgan fingerprint density at radius 1 is 1.01 bits per heavy atom. The summed E-state index contributed by atoms with van der Waals surface area (Å²) in [4.78, 5) is 52.8.